The maximum atomic E-state index is 12.1. The standard InChI is InChI=1S/C19H29NO3/c1-7-10-15(8-2)13-17(9-3)22-14-16-11-12-20(16)18(21)23-19(4,5)6/h7-9,13,16H,1-2,10-12,14H2,3-6H3/b15-13+,17-9+. The molecule has 0 aromatic heterocycles. The molecule has 1 atom stereocenters. The van der Waals surface area contributed by atoms with Crippen molar-refractivity contribution in [2.24, 2.45) is 0 Å². The number of rotatable bonds is 7. The van der Waals surface area contributed by atoms with Crippen LogP contribution in [0.25, 0.3) is 0 Å². The third-order valence-electron chi connectivity index (χ3n) is 3.47. The van der Waals surface area contributed by atoms with Crippen molar-refractivity contribution < 1.29 is 14.3 Å². The van der Waals surface area contributed by atoms with Gasteiger partial charge in [-0.3, -0.25) is 0 Å². The number of likely N-dealkylation sites (tertiary alicyclic amines) is 1. The van der Waals surface area contributed by atoms with E-state index in [0.29, 0.717) is 6.61 Å². The number of nitrogens with zero attached hydrogens (tertiary/aromatic N) is 1. The minimum absolute atomic E-state index is 0.0692. The summed E-state index contributed by atoms with van der Waals surface area (Å²) in [5.74, 6) is 0.776. The quantitative estimate of drug-likeness (QED) is 0.391. The highest BCUT2D eigenvalue weighted by molar-refractivity contribution is 5.69. The average molecular weight is 319 g/mol. The van der Waals surface area contributed by atoms with Gasteiger partial charge in [0.1, 0.15) is 18.0 Å². The van der Waals surface area contributed by atoms with Crippen LogP contribution in [0.1, 0.15) is 40.5 Å². The van der Waals surface area contributed by atoms with Crippen LogP contribution in [0, 0.1) is 0 Å². The molecule has 1 amide bonds. The Hall–Kier alpha value is -1.97. The number of hydrogen-bond acceptors (Lipinski definition) is 3. The Kier molecular flexibility index (Phi) is 7.14. The topological polar surface area (TPSA) is 38.8 Å². The van der Waals surface area contributed by atoms with Gasteiger partial charge < -0.3 is 14.4 Å². The Morgan fingerprint density at radius 2 is 2.04 bits per heavy atom. The van der Waals surface area contributed by atoms with Crippen LogP contribution < -0.4 is 0 Å². The van der Waals surface area contributed by atoms with Crippen molar-refractivity contribution in [3.8, 4) is 0 Å². The van der Waals surface area contributed by atoms with Crippen molar-refractivity contribution in [2.45, 2.75) is 52.2 Å². The van der Waals surface area contributed by atoms with Gasteiger partial charge in [-0.1, -0.05) is 18.7 Å². The van der Waals surface area contributed by atoms with Crippen molar-refractivity contribution in [3.05, 3.63) is 48.8 Å². The number of hydrogen-bond donors (Lipinski definition) is 0. The second-order valence-electron chi connectivity index (χ2n) is 6.53. The normalized spacial score (nSPS) is 19.0. The van der Waals surface area contributed by atoms with E-state index in [-0.39, 0.29) is 12.1 Å². The largest absolute Gasteiger partial charge is 0.492 e. The first-order valence-electron chi connectivity index (χ1n) is 8.03. The van der Waals surface area contributed by atoms with Crippen LogP contribution in [0.15, 0.2) is 48.8 Å². The minimum Gasteiger partial charge on any atom is -0.492 e. The van der Waals surface area contributed by atoms with Crippen LogP contribution in [-0.2, 0) is 9.47 Å². The second kappa shape index (κ2) is 8.61. The minimum atomic E-state index is -0.473. The zero-order valence-corrected chi connectivity index (χ0v) is 14.8. The zero-order valence-electron chi connectivity index (χ0n) is 14.8. The van der Waals surface area contributed by atoms with E-state index in [9.17, 15) is 4.79 Å². The van der Waals surface area contributed by atoms with Gasteiger partial charge in [0.2, 0.25) is 0 Å². The number of carbonyl (C=O) groups excluding carboxylic acids is 1. The van der Waals surface area contributed by atoms with Crippen LogP contribution in [0.2, 0.25) is 0 Å². The summed E-state index contributed by atoms with van der Waals surface area (Å²) < 4.78 is 11.2. The summed E-state index contributed by atoms with van der Waals surface area (Å²) in [6, 6.07) is 0.0692. The Labute approximate surface area is 140 Å². The van der Waals surface area contributed by atoms with Crippen molar-refractivity contribution in [3.63, 3.8) is 0 Å². The van der Waals surface area contributed by atoms with Crippen LogP contribution in [0.3, 0.4) is 0 Å². The molecule has 128 valence electrons. The molecule has 1 aliphatic heterocycles. The van der Waals surface area contributed by atoms with Crippen molar-refractivity contribution >= 4 is 6.09 Å². The smallest absolute Gasteiger partial charge is 0.410 e. The zero-order chi connectivity index (χ0) is 17.5. The molecule has 1 saturated heterocycles. The first-order chi connectivity index (χ1) is 10.8. The molecule has 0 N–H and O–H groups in total. The molecule has 0 aromatic carbocycles. The number of ether oxygens (including phenoxy) is 2. The number of amides is 1. The van der Waals surface area contributed by atoms with Crippen LogP contribution in [0.4, 0.5) is 4.79 Å². The third-order valence-corrected chi connectivity index (χ3v) is 3.47. The first-order valence-corrected chi connectivity index (χ1v) is 8.03. The molecule has 0 radical (unpaired) electrons. The summed E-state index contributed by atoms with van der Waals surface area (Å²) in [4.78, 5) is 13.8. The Morgan fingerprint density at radius 3 is 2.48 bits per heavy atom. The molecular weight excluding hydrogens is 290 g/mol. The molecule has 1 aliphatic rings. The van der Waals surface area contributed by atoms with E-state index in [1.807, 2.05) is 45.9 Å². The van der Waals surface area contributed by atoms with Crippen molar-refractivity contribution in [2.75, 3.05) is 13.2 Å². The van der Waals surface area contributed by atoms with Gasteiger partial charge in [-0.2, -0.15) is 0 Å². The Morgan fingerprint density at radius 1 is 1.35 bits per heavy atom. The molecule has 1 rings (SSSR count). The molecule has 4 nitrogen and oxygen atoms in total. The fourth-order valence-electron chi connectivity index (χ4n) is 2.13. The molecule has 4 heteroatoms. The summed E-state index contributed by atoms with van der Waals surface area (Å²) in [5.41, 5.74) is 0.574. The monoisotopic (exact) mass is 319 g/mol. The highest BCUT2D eigenvalue weighted by atomic mass is 16.6. The Balaban J connectivity index is 2.55. The first kappa shape index (κ1) is 19.1. The highest BCUT2D eigenvalue weighted by Gasteiger charge is 2.35. The summed E-state index contributed by atoms with van der Waals surface area (Å²) in [5, 5.41) is 0. The van der Waals surface area contributed by atoms with E-state index in [1.54, 1.807) is 11.0 Å². The molecule has 23 heavy (non-hydrogen) atoms. The van der Waals surface area contributed by atoms with E-state index in [0.717, 1.165) is 30.7 Å². The Bertz CT molecular complexity index is 497. The predicted molar refractivity (Wildman–Crippen MR) is 94.1 cm³/mol. The summed E-state index contributed by atoms with van der Waals surface area (Å²) in [6.07, 6.45) is 8.89. The molecule has 0 bridgehead atoms. The number of allylic oxidation sites excluding steroid dienone is 5. The van der Waals surface area contributed by atoms with Gasteiger partial charge in [0.15, 0.2) is 0 Å². The predicted octanol–water partition coefficient (Wildman–Crippen LogP) is 4.60. The lowest BCUT2D eigenvalue weighted by Crippen LogP contribution is -2.54. The molecule has 0 aliphatic carbocycles. The fraction of sp³-hybridized carbons (Fsp3) is 0.526. The van der Waals surface area contributed by atoms with Gasteiger partial charge in [-0.05, 0) is 58.3 Å². The summed E-state index contributed by atoms with van der Waals surface area (Å²) >= 11 is 0. The summed E-state index contributed by atoms with van der Waals surface area (Å²) in [6.45, 7) is 16.2. The molecule has 0 saturated carbocycles. The van der Waals surface area contributed by atoms with E-state index in [2.05, 4.69) is 13.2 Å². The molecule has 0 aromatic rings. The summed E-state index contributed by atoms with van der Waals surface area (Å²) in [7, 11) is 0. The highest BCUT2D eigenvalue weighted by Crippen LogP contribution is 2.22. The van der Waals surface area contributed by atoms with Gasteiger partial charge in [0.25, 0.3) is 0 Å². The van der Waals surface area contributed by atoms with Crippen molar-refractivity contribution in [1.29, 1.82) is 0 Å². The van der Waals surface area contributed by atoms with Gasteiger partial charge >= 0.3 is 6.09 Å². The van der Waals surface area contributed by atoms with E-state index < -0.39 is 5.60 Å². The molecule has 1 heterocycles. The fourth-order valence-corrected chi connectivity index (χ4v) is 2.13. The number of carbonyl (C=O) groups is 1. The van der Waals surface area contributed by atoms with E-state index in [4.69, 9.17) is 9.47 Å². The van der Waals surface area contributed by atoms with Gasteiger partial charge in [0, 0.05) is 6.54 Å². The van der Waals surface area contributed by atoms with Gasteiger partial charge in [0.05, 0.1) is 6.04 Å². The third kappa shape index (κ3) is 6.35. The maximum absolute atomic E-state index is 12.1. The lowest BCUT2D eigenvalue weighted by Gasteiger charge is -2.41. The average Bonchev–Trinajstić information content (AvgIpc) is 2.41. The van der Waals surface area contributed by atoms with Crippen molar-refractivity contribution in [1.82, 2.24) is 4.90 Å². The van der Waals surface area contributed by atoms with Crippen LogP contribution in [0.5, 0.6) is 0 Å². The van der Waals surface area contributed by atoms with E-state index >= 15 is 0 Å². The molecule has 0 spiro atoms. The SMILES string of the molecule is C=CC/C(C=C)=C/C(=C\C)OCC1CCN1C(=O)OC(C)(C)C. The second-order valence-corrected chi connectivity index (χ2v) is 6.53. The van der Waals surface area contributed by atoms with Crippen LogP contribution >= 0.6 is 0 Å². The lowest BCUT2D eigenvalue weighted by molar-refractivity contribution is -0.0196. The molecular formula is C19H29NO3. The molecule has 1 fully saturated rings. The maximum Gasteiger partial charge on any atom is 0.410 e. The van der Waals surface area contributed by atoms with E-state index in [1.165, 1.54) is 0 Å². The van der Waals surface area contributed by atoms with Gasteiger partial charge in [-0.15, -0.1) is 6.58 Å². The van der Waals surface area contributed by atoms with Gasteiger partial charge in [-0.25, -0.2) is 4.79 Å². The lowest BCUT2D eigenvalue weighted by atomic mass is 10.1. The molecule has 1 unspecified atom stereocenters. The van der Waals surface area contributed by atoms with Crippen LogP contribution in [-0.4, -0.2) is 35.8 Å².